The van der Waals surface area contributed by atoms with Crippen molar-refractivity contribution >= 4 is 19.8 Å². The normalized spacial score (nSPS) is 15.6. The first kappa shape index (κ1) is 57.8. The van der Waals surface area contributed by atoms with Gasteiger partial charge < -0.3 is 29.7 Å². The van der Waals surface area contributed by atoms with Crippen molar-refractivity contribution in [2.45, 2.75) is 128 Å². The van der Waals surface area contributed by atoms with Crippen LogP contribution in [0.25, 0.3) is 0 Å². The molecule has 0 aromatic carbocycles. The number of carbonyl (C=O) groups is 2. The topological polar surface area (TPSA) is 169 Å². The molecule has 346 valence electrons. The lowest BCUT2D eigenvalue weighted by Crippen LogP contribution is -2.29. The summed E-state index contributed by atoms with van der Waals surface area (Å²) in [6, 6.07) is 0. The Morgan fingerprint density at radius 3 is 1.44 bits per heavy atom. The fourth-order valence-electron chi connectivity index (χ4n) is 4.77. The quantitative estimate of drug-likeness (QED) is 0.0201. The van der Waals surface area contributed by atoms with Crippen molar-refractivity contribution in [1.29, 1.82) is 0 Å². The Balaban J connectivity index is 4.66. The van der Waals surface area contributed by atoms with Crippen LogP contribution in [0.15, 0.2) is 146 Å². The van der Waals surface area contributed by atoms with E-state index in [2.05, 4.69) is 110 Å². The highest BCUT2D eigenvalue weighted by Crippen LogP contribution is 2.43. The summed E-state index contributed by atoms with van der Waals surface area (Å²) in [7, 11) is -4.69. The molecule has 2 unspecified atom stereocenters. The number of esters is 2. The predicted molar refractivity (Wildman–Crippen MR) is 252 cm³/mol. The lowest BCUT2D eigenvalue weighted by Gasteiger charge is -2.20. The van der Waals surface area contributed by atoms with Crippen molar-refractivity contribution in [1.82, 2.24) is 0 Å². The first-order valence-electron chi connectivity index (χ1n) is 21.9. The number of hydrogen-bond donors (Lipinski definition) is 4. The van der Waals surface area contributed by atoms with Crippen LogP contribution >= 0.6 is 7.82 Å². The van der Waals surface area contributed by atoms with Gasteiger partial charge in [-0.25, -0.2) is 4.57 Å². The van der Waals surface area contributed by atoms with Gasteiger partial charge in [-0.2, -0.15) is 0 Å². The molecule has 0 aliphatic rings. The number of carbonyl (C=O) groups excluding carboxylic acids is 2. The van der Waals surface area contributed by atoms with E-state index in [0.717, 1.165) is 57.8 Å². The van der Waals surface area contributed by atoms with Gasteiger partial charge in [0.15, 0.2) is 6.10 Å². The Morgan fingerprint density at radius 1 is 0.532 bits per heavy atom. The van der Waals surface area contributed by atoms with Crippen molar-refractivity contribution in [3.8, 4) is 0 Å². The summed E-state index contributed by atoms with van der Waals surface area (Å²) < 4.78 is 32.5. The summed E-state index contributed by atoms with van der Waals surface area (Å²) in [5, 5.41) is 28.5. The lowest BCUT2D eigenvalue weighted by molar-refractivity contribution is -0.161. The molecule has 0 bridgehead atoms. The number of ether oxygens (including phenoxy) is 2. The van der Waals surface area contributed by atoms with Gasteiger partial charge in [0.05, 0.1) is 25.9 Å². The second-order valence-electron chi connectivity index (χ2n) is 13.8. The van der Waals surface area contributed by atoms with Crippen molar-refractivity contribution in [2.24, 2.45) is 0 Å². The third-order valence-corrected chi connectivity index (χ3v) is 9.05. The molecule has 0 amide bonds. The SMILES string of the molecule is CC/C=C\C/C=C\C/C=C\C/C=C\C=C/C(O)C/C=C\CCC(=O)OC[C@H](COP(=O)(O)OC[C@@H](O)CO)OC(=O)CC/C=C\C/C=C\C/C=C\C/C=C\C/C=C\C/C=C\CC. The van der Waals surface area contributed by atoms with E-state index in [-0.39, 0.29) is 12.8 Å². The zero-order chi connectivity index (χ0) is 45.6. The van der Waals surface area contributed by atoms with Crippen molar-refractivity contribution in [2.75, 3.05) is 26.4 Å². The number of aliphatic hydroxyl groups is 3. The third kappa shape index (κ3) is 42.5. The molecule has 0 aromatic heterocycles. The Hall–Kier alpha value is -4.19. The van der Waals surface area contributed by atoms with Crippen LogP contribution in [-0.4, -0.2) is 76.9 Å². The van der Waals surface area contributed by atoms with Crippen LogP contribution in [0.5, 0.6) is 0 Å². The van der Waals surface area contributed by atoms with E-state index in [1.54, 1.807) is 24.3 Å². The largest absolute Gasteiger partial charge is 0.472 e. The molecule has 12 heteroatoms. The molecule has 0 fully saturated rings. The maximum atomic E-state index is 12.6. The molecule has 4 N–H and O–H groups in total. The maximum absolute atomic E-state index is 12.6. The number of rotatable bonds is 38. The summed E-state index contributed by atoms with van der Waals surface area (Å²) in [4.78, 5) is 35.0. The molecule has 0 spiro atoms. The van der Waals surface area contributed by atoms with E-state index in [0.29, 0.717) is 25.7 Å². The summed E-state index contributed by atoms with van der Waals surface area (Å²) in [5.74, 6) is -1.22. The first-order chi connectivity index (χ1) is 30.1. The smallest absolute Gasteiger partial charge is 0.462 e. The van der Waals surface area contributed by atoms with Crippen LogP contribution in [-0.2, 0) is 32.7 Å². The third-order valence-electron chi connectivity index (χ3n) is 8.10. The Bertz CT molecular complexity index is 1540. The van der Waals surface area contributed by atoms with Crippen LogP contribution in [0, 0.1) is 0 Å². The zero-order valence-corrected chi connectivity index (χ0v) is 38.0. The highest BCUT2D eigenvalue weighted by molar-refractivity contribution is 7.47. The second-order valence-corrected chi connectivity index (χ2v) is 15.3. The highest BCUT2D eigenvalue weighted by atomic mass is 31.2. The van der Waals surface area contributed by atoms with Crippen LogP contribution in [0.1, 0.15) is 110 Å². The fraction of sp³-hybridized carbons (Fsp3) is 0.480. The summed E-state index contributed by atoms with van der Waals surface area (Å²) in [5.41, 5.74) is 0. The van der Waals surface area contributed by atoms with E-state index < -0.39 is 64.5 Å². The van der Waals surface area contributed by atoms with Gasteiger partial charge in [-0.3, -0.25) is 18.6 Å². The summed E-state index contributed by atoms with van der Waals surface area (Å²) in [6.07, 6.45) is 55.7. The number of aliphatic hydroxyl groups excluding tert-OH is 3. The average Bonchev–Trinajstić information content (AvgIpc) is 3.26. The van der Waals surface area contributed by atoms with E-state index in [1.165, 1.54) is 0 Å². The molecular weight excluding hydrogens is 808 g/mol. The molecule has 0 aliphatic heterocycles. The summed E-state index contributed by atoms with van der Waals surface area (Å²) >= 11 is 0. The minimum Gasteiger partial charge on any atom is -0.462 e. The minimum atomic E-state index is -4.69. The monoisotopic (exact) mass is 883 g/mol. The van der Waals surface area contributed by atoms with Crippen LogP contribution in [0.3, 0.4) is 0 Å². The summed E-state index contributed by atoms with van der Waals surface area (Å²) in [6.45, 7) is 1.82. The fourth-order valence-corrected chi connectivity index (χ4v) is 5.56. The van der Waals surface area contributed by atoms with Gasteiger partial charge in [0.2, 0.25) is 0 Å². The van der Waals surface area contributed by atoms with Crippen LogP contribution in [0.2, 0.25) is 0 Å². The number of phosphoric acid groups is 1. The molecule has 62 heavy (non-hydrogen) atoms. The number of phosphoric ester groups is 1. The van der Waals surface area contributed by atoms with E-state index in [9.17, 15) is 29.3 Å². The molecular formula is C50H75O11P. The van der Waals surface area contributed by atoms with E-state index >= 15 is 0 Å². The zero-order valence-electron chi connectivity index (χ0n) is 37.1. The maximum Gasteiger partial charge on any atom is 0.472 e. The van der Waals surface area contributed by atoms with Gasteiger partial charge in [-0.15, -0.1) is 0 Å². The Labute approximate surface area is 372 Å². The number of allylic oxidation sites excluding steroid dienone is 22. The standard InChI is InChI=1S/C50H75O11P/c1-3-5-7-9-11-13-15-17-18-19-20-21-22-24-26-28-30-32-36-41-50(55)61-48(45-60-62(56,57)59-43-47(53)42-51)44-58-49(54)40-37-33-35-39-46(52)38-34-31-29-27-25-23-16-14-12-10-8-6-4-2/h5-8,11-14,17-18,20-21,23-26,29-35,38,46-48,51-53H,3-4,9-10,15-16,19,22,27-28,36-37,39-45H2,1-2H3,(H,56,57)/b7-5-,8-6-,13-11-,14-12-,18-17-,21-20-,25-23-,26-24-,31-29-,32-30-,35-33-,38-34-/t46?,47-,48+/m0/s1. The minimum absolute atomic E-state index is 0.00917. The highest BCUT2D eigenvalue weighted by Gasteiger charge is 2.27. The van der Waals surface area contributed by atoms with Gasteiger partial charge in [0.1, 0.15) is 12.7 Å². The average molecular weight is 883 g/mol. The van der Waals surface area contributed by atoms with Gasteiger partial charge in [0.25, 0.3) is 0 Å². The molecule has 0 aromatic rings. The predicted octanol–water partition coefficient (Wildman–Crippen LogP) is 10.9. The molecule has 0 heterocycles. The first-order valence-corrected chi connectivity index (χ1v) is 23.4. The van der Waals surface area contributed by atoms with Gasteiger partial charge in [-0.05, 0) is 83.5 Å². The van der Waals surface area contributed by atoms with Gasteiger partial charge >= 0.3 is 19.8 Å². The van der Waals surface area contributed by atoms with Crippen molar-refractivity contribution < 1.29 is 52.9 Å². The molecule has 0 radical (unpaired) electrons. The second kappa shape index (κ2) is 43.5. The molecule has 0 saturated heterocycles. The Morgan fingerprint density at radius 2 is 0.952 bits per heavy atom. The molecule has 0 aliphatic carbocycles. The molecule has 0 saturated carbocycles. The van der Waals surface area contributed by atoms with Crippen LogP contribution < -0.4 is 0 Å². The van der Waals surface area contributed by atoms with E-state index in [1.807, 2.05) is 30.4 Å². The molecule has 4 atom stereocenters. The van der Waals surface area contributed by atoms with Gasteiger partial charge in [0, 0.05) is 12.8 Å². The van der Waals surface area contributed by atoms with Crippen molar-refractivity contribution in [3.63, 3.8) is 0 Å². The molecule has 11 nitrogen and oxygen atoms in total. The molecule has 0 rings (SSSR count). The Kier molecular flexibility index (Phi) is 40.5. The lowest BCUT2D eigenvalue weighted by atomic mass is 10.2. The van der Waals surface area contributed by atoms with E-state index in [4.69, 9.17) is 19.1 Å². The van der Waals surface area contributed by atoms with Crippen LogP contribution in [0.4, 0.5) is 0 Å². The number of hydrogen-bond acceptors (Lipinski definition) is 10. The van der Waals surface area contributed by atoms with Crippen molar-refractivity contribution in [3.05, 3.63) is 146 Å². The van der Waals surface area contributed by atoms with Gasteiger partial charge in [-0.1, -0.05) is 160 Å².